The molecule has 0 radical (unpaired) electrons. The van der Waals surface area contributed by atoms with E-state index in [0.29, 0.717) is 17.7 Å². The van der Waals surface area contributed by atoms with Gasteiger partial charge in [-0.25, -0.2) is 4.39 Å². The van der Waals surface area contributed by atoms with E-state index in [9.17, 15) is 14.3 Å². The van der Waals surface area contributed by atoms with E-state index in [1.165, 1.54) is 6.07 Å². The summed E-state index contributed by atoms with van der Waals surface area (Å²) in [6.07, 6.45) is 1.43. The average Bonchev–Trinajstić information content (AvgIpc) is 3.24. The quantitative estimate of drug-likeness (QED) is 0.607. The number of phenols is 1. The number of halogens is 1. The third kappa shape index (κ3) is 3.23. The summed E-state index contributed by atoms with van der Waals surface area (Å²) < 4.78 is 14.8. The molecule has 6 nitrogen and oxygen atoms in total. The molecule has 2 aromatic carbocycles. The highest BCUT2D eigenvalue weighted by atomic mass is 19.1. The molecule has 1 aliphatic rings. The van der Waals surface area contributed by atoms with Crippen molar-refractivity contribution in [3.8, 4) is 17.0 Å². The van der Waals surface area contributed by atoms with Crippen LogP contribution in [0.1, 0.15) is 18.4 Å². The molecular weight excluding hydrogens is 347 g/mol. The van der Waals surface area contributed by atoms with Crippen molar-refractivity contribution in [3.05, 3.63) is 53.8 Å². The number of carbonyl (C=O) groups excluding carboxylic acids is 1. The highest BCUT2D eigenvalue weighted by Crippen LogP contribution is 2.31. The van der Waals surface area contributed by atoms with Gasteiger partial charge in [0.25, 0.3) is 0 Å². The summed E-state index contributed by atoms with van der Waals surface area (Å²) >= 11 is 0. The molecule has 3 aromatic rings. The Labute approximate surface area is 155 Å². The number of carbonyl (C=O) groups is 1. The molecule has 3 N–H and O–H groups in total. The Hall–Kier alpha value is -3.35. The Balaban J connectivity index is 1.57. The van der Waals surface area contributed by atoms with Crippen LogP contribution < -0.4 is 10.2 Å². The van der Waals surface area contributed by atoms with Gasteiger partial charge in [-0.1, -0.05) is 12.1 Å². The molecule has 1 aromatic heterocycles. The second kappa shape index (κ2) is 6.75. The van der Waals surface area contributed by atoms with Crippen LogP contribution in [0.4, 0.5) is 21.6 Å². The van der Waals surface area contributed by atoms with Crippen LogP contribution in [0.25, 0.3) is 11.3 Å². The van der Waals surface area contributed by atoms with E-state index in [1.54, 1.807) is 29.2 Å². The van der Waals surface area contributed by atoms with E-state index in [1.807, 2.05) is 19.1 Å². The third-order valence-electron chi connectivity index (χ3n) is 4.71. The molecule has 27 heavy (non-hydrogen) atoms. The van der Waals surface area contributed by atoms with E-state index in [2.05, 4.69) is 15.5 Å². The fraction of sp³-hybridized carbons (Fsp3) is 0.200. The summed E-state index contributed by atoms with van der Waals surface area (Å²) in [5.41, 5.74) is 3.17. The van der Waals surface area contributed by atoms with Crippen molar-refractivity contribution in [1.82, 2.24) is 10.2 Å². The van der Waals surface area contributed by atoms with Gasteiger partial charge in [0.15, 0.2) is 11.6 Å². The van der Waals surface area contributed by atoms with E-state index in [4.69, 9.17) is 0 Å². The molecule has 7 heteroatoms. The number of nitrogens with zero attached hydrogens (tertiary/aromatic N) is 2. The molecule has 0 saturated carbocycles. The van der Waals surface area contributed by atoms with Gasteiger partial charge in [0.1, 0.15) is 11.4 Å². The second-order valence-electron chi connectivity index (χ2n) is 6.58. The van der Waals surface area contributed by atoms with E-state index >= 15 is 0 Å². The van der Waals surface area contributed by atoms with E-state index in [0.717, 1.165) is 24.2 Å². The van der Waals surface area contributed by atoms with Crippen LogP contribution in [0.15, 0.2) is 42.5 Å². The average molecular weight is 366 g/mol. The minimum Gasteiger partial charge on any atom is -0.508 e. The minimum atomic E-state index is -0.493. The van der Waals surface area contributed by atoms with Crippen molar-refractivity contribution < 1.29 is 14.3 Å². The molecule has 0 spiro atoms. The number of H-pyrrole nitrogens is 1. The largest absolute Gasteiger partial charge is 0.508 e. The van der Waals surface area contributed by atoms with Crippen molar-refractivity contribution in [2.45, 2.75) is 19.8 Å². The van der Waals surface area contributed by atoms with Gasteiger partial charge in [-0.3, -0.25) is 9.89 Å². The molecule has 1 fully saturated rings. The first-order valence-electron chi connectivity index (χ1n) is 8.74. The summed E-state index contributed by atoms with van der Waals surface area (Å²) in [5, 5.41) is 19.2. The maximum atomic E-state index is 14.8. The number of amides is 1. The smallest absolute Gasteiger partial charge is 0.227 e. The number of anilines is 3. The van der Waals surface area contributed by atoms with E-state index < -0.39 is 5.82 Å². The summed E-state index contributed by atoms with van der Waals surface area (Å²) in [5.74, 6) is -0.144. The van der Waals surface area contributed by atoms with Crippen molar-refractivity contribution in [3.63, 3.8) is 0 Å². The Kier molecular flexibility index (Phi) is 4.27. The van der Waals surface area contributed by atoms with Crippen LogP contribution in [0.2, 0.25) is 0 Å². The molecular formula is C20H19FN4O2. The minimum absolute atomic E-state index is 0.0811. The van der Waals surface area contributed by atoms with Gasteiger partial charge >= 0.3 is 0 Å². The van der Waals surface area contributed by atoms with Crippen LogP contribution in [-0.4, -0.2) is 27.8 Å². The molecule has 1 amide bonds. The van der Waals surface area contributed by atoms with Crippen molar-refractivity contribution in [1.29, 1.82) is 0 Å². The number of hydrogen-bond donors (Lipinski definition) is 3. The van der Waals surface area contributed by atoms with Crippen LogP contribution in [0.3, 0.4) is 0 Å². The zero-order chi connectivity index (χ0) is 19.0. The number of rotatable bonds is 4. The van der Waals surface area contributed by atoms with Gasteiger partial charge < -0.3 is 15.3 Å². The summed E-state index contributed by atoms with van der Waals surface area (Å²) in [7, 11) is 0. The highest BCUT2D eigenvalue weighted by molar-refractivity contribution is 5.95. The van der Waals surface area contributed by atoms with Crippen LogP contribution >= 0.6 is 0 Å². The first-order chi connectivity index (χ1) is 13.0. The standard InChI is InChI=1S/C20H19FN4O2/c1-12-11-15(26)8-9-16(12)22-20-18(21)19(23-24-20)13-4-6-14(7-5-13)25-10-2-3-17(25)27/h4-9,11,26H,2-3,10H2,1H3,(H2,22,23,24). The summed E-state index contributed by atoms with van der Waals surface area (Å²) in [4.78, 5) is 13.6. The predicted molar refractivity (Wildman–Crippen MR) is 102 cm³/mol. The van der Waals surface area contributed by atoms with Gasteiger partial charge in [-0.05, 0) is 49.2 Å². The molecule has 1 aliphatic heterocycles. The van der Waals surface area contributed by atoms with Crippen molar-refractivity contribution in [2.24, 2.45) is 0 Å². The maximum Gasteiger partial charge on any atom is 0.227 e. The summed E-state index contributed by atoms with van der Waals surface area (Å²) in [6.45, 7) is 2.53. The van der Waals surface area contributed by atoms with Crippen molar-refractivity contribution in [2.75, 3.05) is 16.8 Å². The molecule has 0 atom stereocenters. The van der Waals surface area contributed by atoms with E-state index in [-0.39, 0.29) is 23.2 Å². The number of benzene rings is 2. The number of aromatic amines is 1. The second-order valence-corrected chi connectivity index (χ2v) is 6.58. The number of aromatic hydroxyl groups is 1. The topological polar surface area (TPSA) is 81.2 Å². The Bertz CT molecular complexity index is 998. The normalized spacial score (nSPS) is 14.0. The third-order valence-corrected chi connectivity index (χ3v) is 4.71. The molecule has 4 rings (SSSR count). The number of aromatic nitrogens is 2. The molecule has 1 saturated heterocycles. The van der Waals surface area contributed by atoms with Gasteiger partial charge in [0.2, 0.25) is 5.91 Å². The first-order valence-corrected chi connectivity index (χ1v) is 8.74. The number of hydrogen-bond acceptors (Lipinski definition) is 4. The fourth-order valence-electron chi connectivity index (χ4n) is 3.25. The maximum absolute atomic E-state index is 14.8. The SMILES string of the molecule is Cc1cc(O)ccc1Nc1n[nH]c(-c2ccc(N3CCCC3=O)cc2)c1F. The zero-order valence-corrected chi connectivity index (χ0v) is 14.8. The number of aryl methyl sites for hydroxylation is 1. The molecule has 138 valence electrons. The number of nitrogens with one attached hydrogen (secondary N) is 2. The molecule has 0 bridgehead atoms. The van der Waals surface area contributed by atoms with Gasteiger partial charge in [0.05, 0.1) is 0 Å². The fourth-order valence-corrected chi connectivity index (χ4v) is 3.25. The lowest BCUT2D eigenvalue weighted by molar-refractivity contribution is -0.117. The first kappa shape index (κ1) is 17.1. The lowest BCUT2D eigenvalue weighted by atomic mass is 10.1. The van der Waals surface area contributed by atoms with Crippen molar-refractivity contribution >= 4 is 23.1 Å². The Morgan fingerprint density at radius 3 is 2.67 bits per heavy atom. The van der Waals surface area contributed by atoms with Gasteiger partial charge in [0, 0.05) is 29.9 Å². The van der Waals surface area contributed by atoms with Crippen LogP contribution in [0.5, 0.6) is 5.75 Å². The highest BCUT2D eigenvalue weighted by Gasteiger charge is 2.22. The Morgan fingerprint density at radius 2 is 2.00 bits per heavy atom. The van der Waals surface area contributed by atoms with Crippen LogP contribution in [0, 0.1) is 12.7 Å². The lowest BCUT2D eigenvalue weighted by Crippen LogP contribution is -2.23. The molecule has 0 aliphatic carbocycles. The Morgan fingerprint density at radius 1 is 1.22 bits per heavy atom. The monoisotopic (exact) mass is 366 g/mol. The zero-order valence-electron chi connectivity index (χ0n) is 14.8. The molecule has 2 heterocycles. The molecule has 0 unspecified atom stereocenters. The predicted octanol–water partition coefficient (Wildman–Crippen LogP) is 4.10. The van der Waals surface area contributed by atoms with Gasteiger partial charge in [-0.15, -0.1) is 0 Å². The summed E-state index contributed by atoms with van der Waals surface area (Å²) in [6, 6.07) is 12.0. The van der Waals surface area contributed by atoms with Gasteiger partial charge in [-0.2, -0.15) is 5.10 Å². The number of phenolic OH excluding ortho intramolecular Hbond substituents is 1. The van der Waals surface area contributed by atoms with Crippen LogP contribution in [-0.2, 0) is 4.79 Å². The lowest BCUT2D eigenvalue weighted by Gasteiger charge is -2.15.